The van der Waals surface area contributed by atoms with Crippen LogP contribution >= 0.6 is 24.0 Å². The van der Waals surface area contributed by atoms with Crippen molar-refractivity contribution in [2.24, 2.45) is 4.99 Å². The van der Waals surface area contributed by atoms with Crippen molar-refractivity contribution in [3.05, 3.63) is 35.6 Å². The van der Waals surface area contributed by atoms with Crippen LogP contribution in [0.15, 0.2) is 33.7 Å². The predicted octanol–water partition coefficient (Wildman–Crippen LogP) is 3.05. The van der Waals surface area contributed by atoms with Crippen LogP contribution in [0.25, 0.3) is 11.0 Å². The first-order chi connectivity index (χ1) is 13.2. The van der Waals surface area contributed by atoms with Gasteiger partial charge in [-0.1, -0.05) is 25.1 Å². The number of halogens is 1. The van der Waals surface area contributed by atoms with Gasteiger partial charge in [0.2, 0.25) is 0 Å². The van der Waals surface area contributed by atoms with E-state index in [-0.39, 0.29) is 24.0 Å². The minimum absolute atomic E-state index is 0. The second-order valence-corrected chi connectivity index (χ2v) is 7.04. The molecule has 28 heavy (non-hydrogen) atoms. The standard InChI is InChI=1S/C21H33N5O.HI/c1-4-22-21(23-10-11-26-14-12-25(5-2)13-15-26)24-16-20-17(3)18-8-6-7-9-19(18)27-20;/h6-9H,4-5,10-16H2,1-3H3,(H2,22,23,24);1H. The Kier molecular flexibility index (Phi) is 9.53. The molecule has 0 atom stereocenters. The maximum absolute atomic E-state index is 5.97. The van der Waals surface area contributed by atoms with Gasteiger partial charge in [0.15, 0.2) is 5.96 Å². The molecule has 2 aromatic rings. The molecule has 1 aliphatic rings. The van der Waals surface area contributed by atoms with Crippen LogP contribution in [0.1, 0.15) is 25.2 Å². The topological polar surface area (TPSA) is 56.0 Å². The summed E-state index contributed by atoms with van der Waals surface area (Å²) in [5.41, 5.74) is 2.11. The monoisotopic (exact) mass is 499 g/mol. The fourth-order valence-electron chi connectivity index (χ4n) is 3.53. The van der Waals surface area contributed by atoms with Gasteiger partial charge in [0, 0.05) is 56.8 Å². The molecule has 2 heterocycles. The lowest BCUT2D eigenvalue weighted by atomic mass is 10.1. The maximum Gasteiger partial charge on any atom is 0.191 e. The van der Waals surface area contributed by atoms with E-state index in [1.807, 2.05) is 18.2 Å². The van der Waals surface area contributed by atoms with E-state index in [4.69, 9.17) is 9.41 Å². The van der Waals surface area contributed by atoms with Crippen LogP contribution in [0.3, 0.4) is 0 Å². The van der Waals surface area contributed by atoms with Gasteiger partial charge in [-0.05, 0) is 26.5 Å². The molecule has 1 aromatic carbocycles. The molecule has 1 saturated heterocycles. The molecule has 0 saturated carbocycles. The van der Waals surface area contributed by atoms with Crippen molar-refractivity contribution in [2.75, 3.05) is 52.4 Å². The number of aliphatic imine (C=N–C) groups is 1. The molecule has 0 aliphatic carbocycles. The van der Waals surface area contributed by atoms with Gasteiger partial charge in [-0.15, -0.1) is 24.0 Å². The molecule has 0 amide bonds. The Hall–Kier alpha value is -1.32. The molecule has 3 rings (SSSR count). The Morgan fingerprint density at radius 1 is 1.07 bits per heavy atom. The molecule has 156 valence electrons. The molecule has 1 aliphatic heterocycles. The van der Waals surface area contributed by atoms with Crippen molar-refractivity contribution < 1.29 is 4.42 Å². The molecular formula is C21H34IN5O. The van der Waals surface area contributed by atoms with Gasteiger partial charge < -0.3 is 20.0 Å². The van der Waals surface area contributed by atoms with Crippen LogP contribution in [0.4, 0.5) is 0 Å². The fraction of sp³-hybridized carbons (Fsp3) is 0.571. The molecule has 2 N–H and O–H groups in total. The number of piperazine rings is 1. The number of aryl methyl sites for hydroxylation is 1. The normalized spacial score (nSPS) is 16.2. The highest BCUT2D eigenvalue weighted by Crippen LogP contribution is 2.25. The van der Waals surface area contributed by atoms with Gasteiger partial charge in [-0.25, -0.2) is 4.99 Å². The Bertz CT molecular complexity index is 752. The lowest BCUT2D eigenvalue weighted by molar-refractivity contribution is 0.139. The van der Waals surface area contributed by atoms with E-state index in [1.165, 1.54) is 24.0 Å². The third kappa shape index (κ3) is 6.09. The van der Waals surface area contributed by atoms with Crippen LogP contribution in [0, 0.1) is 6.92 Å². The highest BCUT2D eigenvalue weighted by Gasteiger charge is 2.15. The zero-order chi connectivity index (χ0) is 19.1. The van der Waals surface area contributed by atoms with E-state index in [9.17, 15) is 0 Å². The average molecular weight is 499 g/mol. The minimum atomic E-state index is 0. The summed E-state index contributed by atoms with van der Waals surface area (Å²) in [5, 5.41) is 7.96. The number of likely N-dealkylation sites (N-methyl/N-ethyl adjacent to an activating group) is 1. The first-order valence-electron chi connectivity index (χ1n) is 10.1. The summed E-state index contributed by atoms with van der Waals surface area (Å²) in [4.78, 5) is 9.75. The number of nitrogens with one attached hydrogen (secondary N) is 2. The molecule has 6 nitrogen and oxygen atoms in total. The van der Waals surface area contributed by atoms with Gasteiger partial charge in [0.05, 0.1) is 0 Å². The first kappa shape index (κ1) is 23.0. The van der Waals surface area contributed by atoms with Crippen LogP contribution in [-0.4, -0.2) is 68.1 Å². The van der Waals surface area contributed by atoms with Crippen LogP contribution in [0.5, 0.6) is 0 Å². The molecule has 0 spiro atoms. The summed E-state index contributed by atoms with van der Waals surface area (Å²) in [6.45, 7) is 15.6. The van der Waals surface area contributed by atoms with Crippen LogP contribution in [-0.2, 0) is 6.54 Å². The van der Waals surface area contributed by atoms with E-state index >= 15 is 0 Å². The number of hydrogen-bond acceptors (Lipinski definition) is 4. The maximum atomic E-state index is 5.97. The smallest absolute Gasteiger partial charge is 0.191 e. The SMILES string of the molecule is CCNC(=NCc1oc2ccccc2c1C)NCCN1CCN(CC)CC1.I. The van der Waals surface area contributed by atoms with Crippen molar-refractivity contribution in [1.29, 1.82) is 0 Å². The molecular weight excluding hydrogens is 465 g/mol. The van der Waals surface area contributed by atoms with Gasteiger partial charge in [0.1, 0.15) is 17.9 Å². The lowest BCUT2D eigenvalue weighted by Crippen LogP contribution is -2.49. The number of furan rings is 1. The highest BCUT2D eigenvalue weighted by molar-refractivity contribution is 14.0. The third-order valence-electron chi connectivity index (χ3n) is 5.30. The van der Waals surface area contributed by atoms with Gasteiger partial charge in [0.25, 0.3) is 0 Å². The van der Waals surface area contributed by atoms with E-state index in [0.717, 1.165) is 56.6 Å². The summed E-state index contributed by atoms with van der Waals surface area (Å²) >= 11 is 0. The predicted molar refractivity (Wildman–Crippen MR) is 128 cm³/mol. The largest absolute Gasteiger partial charge is 0.459 e. The molecule has 7 heteroatoms. The number of para-hydroxylation sites is 1. The second kappa shape index (κ2) is 11.6. The number of benzene rings is 1. The van der Waals surface area contributed by atoms with Crippen LogP contribution in [0.2, 0.25) is 0 Å². The number of fused-ring (bicyclic) bond motifs is 1. The summed E-state index contributed by atoms with van der Waals surface area (Å²) < 4.78 is 5.97. The van der Waals surface area contributed by atoms with Gasteiger partial charge >= 0.3 is 0 Å². The molecule has 1 fully saturated rings. The Labute approximate surface area is 185 Å². The lowest BCUT2D eigenvalue weighted by Gasteiger charge is -2.34. The van der Waals surface area contributed by atoms with E-state index < -0.39 is 0 Å². The van der Waals surface area contributed by atoms with Crippen LogP contribution < -0.4 is 10.6 Å². The molecule has 0 radical (unpaired) electrons. The Balaban J connectivity index is 0.00000280. The van der Waals surface area contributed by atoms with E-state index in [2.05, 4.69) is 47.3 Å². The number of guanidine groups is 1. The Morgan fingerprint density at radius 3 is 2.46 bits per heavy atom. The summed E-state index contributed by atoms with van der Waals surface area (Å²) in [7, 11) is 0. The number of nitrogens with zero attached hydrogens (tertiary/aromatic N) is 3. The molecule has 0 unspecified atom stereocenters. The Morgan fingerprint density at radius 2 is 1.79 bits per heavy atom. The highest BCUT2D eigenvalue weighted by atomic mass is 127. The van der Waals surface area contributed by atoms with Crippen molar-refractivity contribution in [1.82, 2.24) is 20.4 Å². The van der Waals surface area contributed by atoms with Crippen molar-refractivity contribution in [3.63, 3.8) is 0 Å². The summed E-state index contributed by atoms with van der Waals surface area (Å²) in [6, 6.07) is 8.16. The summed E-state index contributed by atoms with van der Waals surface area (Å²) in [5.74, 6) is 1.79. The van der Waals surface area contributed by atoms with Crippen molar-refractivity contribution in [2.45, 2.75) is 27.3 Å². The van der Waals surface area contributed by atoms with Gasteiger partial charge in [-0.2, -0.15) is 0 Å². The number of hydrogen-bond donors (Lipinski definition) is 2. The first-order valence-corrected chi connectivity index (χ1v) is 10.1. The third-order valence-corrected chi connectivity index (χ3v) is 5.30. The van der Waals surface area contributed by atoms with Crippen molar-refractivity contribution in [3.8, 4) is 0 Å². The van der Waals surface area contributed by atoms with E-state index in [0.29, 0.717) is 6.54 Å². The quantitative estimate of drug-likeness (QED) is 0.349. The number of rotatable bonds is 7. The minimum Gasteiger partial charge on any atom is -0.459 e. The zero-order valence-electron chi connectivity index (χ0n) is 17.3. The van der Waals surface area contributed by atoms with Gasteiger partial charge in [-0.3, -0.25) is 4.90 Å². The van der Waals surface area contributed by atoms with Crippen molar-refractivity contribution >= 4 is 40.9 Å². The average Bonchev–Trinajstić information content (AvgIpc) is 3.02. The van der Waals surface area contributed by atoms with E-state index in [1.54, 1.807) is 0 Å². The molecule has 1 aromatic heterocycles. The fourth-order valence-corrected chi connectivity index (χ4v) is 3.53. The second-order valence-electron chi connectivity index (χ2n) is 7.04. The zero-order valence-corrected chi connectivity index (χ0v) is 19.7. The molecule has 0 bridgehead atoms. The summed E-state index contributed by atoms with van der Waals surface area (Å²) in [6.07, 6.45) is 0.